The number of rotatable bonds is 7. The molecule has 0 saturated carbocycles. The lowest BCUT2D eigenvalue weighted by Crippen LogP contribution is -2.43. The third-order valence-corrected chi connectivity index (χ3v) is 4.51. The number of benzene rings is 1. The number of nitrogens with one attached hydrogen (secondary N) is 1. The van der Waals surface area contributed by atoms with Crippen molar-refractivity contribution in [1.82, 2.24) is 5.32 Å². The highest BCUT2D eigenvalue weighted by Crippen LogP contribution is 2.27. The molecule has 0 heterocycles. The summed E-state index contributed by atoms with van der Waals surface area (Å²) in [6.45, 7) is 4.90. The van der Waals surface area contributed by atoms with Gasteiger partial charge in [-0.25, -0.2) is 8.42 Å². The molecule has 0 fully saturated rings. The standard InChI is InChI=1S/C14H21N3O5S/c1-5-11(3)15-14(18)9-16(23(4,21)22)13-8-12(17(19)20)7-6-10(13)2/h6-8,11H,5,9H2,1-4H3,(H,15,18)/t11-/m1/s1. The van der Waals surface area contributed by atoms with Crippen LogP contribution in [-0.2, 0) is 14.8 Å². The Morgan fingerprint density at radius 2 is 2.04 bits per heavy atom. The maximum absolute atomic E-state index is 12.0. The van der Waals surface area contributed by atoms with Crippen molar-refractivity contribution >= 4 is 27.3 Å². The van der Waals surface area contributed by atoms with E-state index in [2.05, 4.69) is 5.32 Å². The number of hydrogen-bond donors (Lipinski definition) is 1. The van der Waals surface area contributed by atoms with E-state index in [4.69, 9.17) is 0 Å². The highest BCUT2D eigenvalue weighted by atomic mass is 32.2. The first-order valence-corrected chi connectivity index (χ1v) is 8.93. The van der Waals surface area contributed by atoms with Crippen LogP contribution in [0.1, 0.15) is 25.8 Å². The van der Waals surface area contributed by atoms with Crippen molar-refractivity contribution in [1.29, 1.82) is 0 Å². The van der Waals surface area contributed by atoms with Gasteiger partial charge in [0.1, 0.15) is 6.54 Å². The fraction of sp³-hybridized carbons (Fsp3) is 0.500. The van der Waals surface area contributed by atoms with E-state index in [1.807, 2.05) is 6.92 Å². The largest absolute Gasteiger partial charge is 0.352 e. The number of amides is 1. The van der Waals surface area contributed by atoms with Gasteiger partial charge in [0, 0.05) is 18.2 Å². The van der Waals surface area contributed by atoms with Gasteiger partial charge in [-0.1, -0.05) is 13.0 Å². The van der Waals surface area contributed by atoms with Crippen LogP contribution in [-0.4, -0.2) is 38.1 Å². The lowest BCUT2D eigenvalue weighted by Gasteiger charge is -2.24. The van der Waals surface area contributed by atoms with Gasteiger partial charge in [-0.2, -0.15) is 0 Å². The van der Waals surface area contributed by atoms with Crippen molar-refractivity contribution in [3.05, 3.63) is 33.9 Å². The average molecular weight is 343 g/mol. The van der Waals surface area contributed by atoms with Gasteiger partial charge in [-0.15, -0.1) is 0 Å². The molecule has 1 N–H and O–H groups in total. The minimum absolute atomic E-state index is 0.0879. The van der Waals surface area contributed by atoms with Crippen LogP contribution < -0.4 is 9.62 Å². The predicted octanol–water partition coefficient (Wildman–Crippen LogP) is 1.58. The number of aryl methyl sites for hydroxylation is 1. The number of nitro groups is 1. The van der Waals surface area contributed by atoms with Crippen LogP contribution in [0.15, 0.2) is 18.2 Å². The highest BCUT2D eigenvalue weighted by Gasteiger charge is 2.24. The van der Waals surface area contributed by atoms with E-state index in [0.717, 1.165) is 16.6 Å². The summed E-state index contributed by atoms with van der Waals surface area (Å²) in [4.78, 5) is 22.3. The van der Waals surface area contributed by atoms with Gasteiger partial charge < -0.3 is 5.32 Å². The minimum Gasteiger partial charge on any atom is -0.352 e. The van der Waals surface area contributed by atoms with Crippen molar-refractivity contribution < 1.29 is 18.1 Å². The molecule has 1 aromatic rings. The molecular weight excluding hydrogens is 322 g/mol. The molecule has 1 amide bonds. The van der Waals surface area contributed by atoms with E-state index >= 15 is 0 Å². The Hall–Kier alpha value is -2.16. The first kappa shape index (κ1) is 18.9. The highest BCUT2D eigenvalue weighted by molar-refractivity contribution is 7.92. The third-order valence-electron chi connectivity index (χ3n) is 3.38. The second-order valence-electron chi connectivity index (χ2n) is 5.37. The number of hydrogen-bond acceptors (Lipinski definition) is 5. The molecule has 1 atom stereocenters. The van der Waals surface area contributed by atoms with Crippen LogP contribution in [0.3, 0.4) is 0 Å². The summed E-state index contributed by atoms with van der Waals surface area (Å²) >= 11 is 0. The van der Waals surface area contributed by atoms with Crippen LogP contribution >= 0.6 is 0 Å². The molecule has 0 aliphatic heterocycles. The number of nitrogens with zero attached hydrogens (tertiary/aromatic N) is 2. The zero-order valence-electron chi connectivity index (χ0n) is 13.6. The molecule has 0 unspecified atom stereocenters. The summed E-state index contributed by atoms with van der Waals surface area (Å²) in [6, 6.07) is 3.82. The smallest absolute Gasteiger partial charge is 0.271 e. The van der Waals surface area contributed by atoms with E-state index in [9.17, 15) is 23.3 Å². The molecule has 0 aliphatic rings. The van der Waals surface area contributed by atoms with Gasteiger partial charge in [0.05, 0.1) is 16.9 Å². The van der Waals surface area contributed by atoms with Gasteiger partial charge in [0.25, 0.3) is 5.69 Å². The summed E-state index contributed by atoms with van der Waals surface area (Å²) in [7, 11) is -3.77. The van der Waals surface area contributed by atoms with Gasteiger partial charge in [0.15, 0.2) is 0 Å². The molecular formula is C14H21N3O5S. The van der Waals surface area contributed by atoms with E-state index in [-0.39, 0.29) is 17.4 Å². The Bertz CT molecular complexity index is 702. The fourth-order valence-electron chi connectivity index (χ4n) is 1.91. The lowest BCUT2D eigenvalue weighted by atomic mass is 10.2. The summed E-state index contributed by atoms with van der Waals surface area (Å²) in [6.07, 6.45) is 1.67. The zero-order valence-corrected chi connectivity index (χ0v) is 14.4. The predicted molar refractivity (Wildman–Crippen MR) is 87.9 cm³/mol. The Morgan fingerprint density at radius 1 is 1.43 bits per heavy atom. The lowest BCUT2D eigenvalue weighted by molar-refractivity contribution is -0.384. The Kier molecular flexibility index (Phi) is 6.08. The van der Waals surface area contributed by atoms with Crippen molar-refractivity contribution in [2.45, 2.75) is 33.2 Å². The number of nitro benzene ring substituents is 1. The SMILES string of the molecule is CC[C@@H](C)NC(=O)CN(c1cc([N+](=O)[O-])ccc1C)S(C)(=O)=O. The molecule has 1 rings (SSSR count). The Balaban J connectivity index is 3.21. The van der Waals surface area contributed by atoms with Crippen molar-refractivity contribution in [2.24, 2.45) is 0 Å². The van der Waals surface area contributed by atoms with Crippen LogP contribution in [0.25, 0.3) is 0 Å². The summed E-state index contributed by atoms with van der Waals surface area (Å²) in [5.41, 5.74) is 0.417. The van der Waals surface area contributed by atoms with Gasteiger partial charge in [0.2, 0.25) is 15.9 Å². The molecule has 0 saturated heterocycles. The maximum atomic E-state index is 12.0. The molecule has 128 valence electrons. The summed E-state index contributed by atoms with van der Waals surface area (Å²) < 4.78 is 24.9. The van der Waals surface area contributed by atoms with E-state index in [0.29, 0.717) is 12.0 Å². The molecule has 0 bridgehead atoms. The van der Waals surface area contributed by atoms with Crippen LogP contribution in [0.2, 0.25) is 0 Å². The summed E-state index contributed by atoms with van der Waals surface area (Å²) in [5.74, 6) is -0.462. The molecule has 0 aromatic heterocycles. The molecule has 0 aliphatic carbocycles. The number of sulfonamides is 1. The molecule has 0 spiro atoms. The van der Waals surface area contributed by atoms with Crippen LogP contribution in [0.4, 0.5) is 11.4 Å². The van der Waals surface area contributed by atoms with E-state index < -0.39 is 27.4 Å². The minimum atomic E-state index is -3.77. The quantitative estimate of drug-likeness (QED) is 0.597. The topological polar surface area (TPSA) is 110 Å². The second kappa shape index (κ2) is 7.40. The number of carbonyl (C=O) groups excluding carboxylic acids is 1. The van der Waals surface area contributed by atoms with Crippen molar-refractivity contribution in [2.75, 3.05) is 17.1 Å². The van der Waals surface area contributed by atoms with E-state index in [1.54, 1.807) is 13.8 Å². The van der Waals surface area contributed by atoms with Crippen molar-refractivity contribution in [3.63, 3.8) is 0 Å². The first-order chi connectivity index (χ1) is 10.6. The number of anilines is 1. The zero-order chi connectivity index (χ0) is 17.8. The Labute approximate surface area is 135 Å². The summed E-state index contributed by atoms with van der Waals surface area (Å²) in [5, 5.41) is 13.6. The fourth-order valence-corrected chi connectivity index (χ4v) is 2.82. The van der Waals surface area contributed by atoms with Gasteiger partial charge in [-0.3, -0.25) is 19.2 Å². The molecule has 0 radical (unpaired) electrons. The molecule has 8 nitrogen and oxygen atoms in total. The molecule has 9 heteroatoms. The Morgan fingerprint density at radius 3 is 2.52 bits per heavy atom. The average Bonchev–Trinajstić information content (AvgIpc) is 2.44. The van der Waals surface area contributed by atoms with E-state index in [1.165, 1.54) is 12.1 Å². The van der Waals surface area contributed by atoms with Crippen LogP contribution in [0.5, 0.6) is 0 Å². The van der Waals surface area contributed by atoms with Gasteiger partial charge >= 0.3 is 0 Å². The maximum Gasteiger partial charge on any atom is 0.271 e. The number of carbonyl (C=O) groups is 1. The van der Waals surface area contributed by atoms with Crippen LogP contribution in [0, 0.1) is 17.0 Å². The third kappa shape index (κ3) is 5.20. The van der Waals surface area contributed by atoms with Gasteiger partial charge in [-0.05, 0) is 25.8 Å². The number of non-ortho nitro benzene ring substituents is 1. The first-order valence-electron chi connectivity index (χ1n) is 7.08. The monoisotopic (exact) mass is 343 g/mol. The van der Waals surface area contributed by atoms with Crippen molar-refractivity contribution in [3.8, 4) is 0 Å². The molecule has 1 aromatic carbocycles. The molecule has 23 heavy (non-hydrogen) atoms. The normalized spacial score (nSPS) is 12.5. The second-order valence-corrected chi connectivity index (χ2v) is 7.28.